The molecule has 0 spiro atoms. The van der Waals surface area contributed by atoms with Gasteiger partial charge < -0.3 is 29.8 Å². The number of rotatable bonds is 7. The fraction of sp³-hybridized carbons (Fsp3) is 0.273. The van der Waals surface area contributed by atoms with Crippen LogP contribution >= 0.6 is 23.2 Å². The molecule has 0 saturated carbocycles. The van der Waals surface area contributed by atoms with E-state index in [1.807, 2.05) is 0 Å². The summed E-state index contributed by atoms with van der Waals surface area (Å²) in [6.45, 7) is 3.65. The monoisotopic (exact) mass is 769 g/mol. The Labute approximate surface area is 307 Å². The van der Waals surface area contributed by atoms with Crippen molar-refractivity contribution in [1.82, 2.24) is 44.0 Å². The minimum Gasteiger partial charge on any atom is -0.504 e. The fourth-order valence-corrected chi connectivity index (χ4v) is 6.60. The zero-order valence-corrected chi connectivity index (χ0v) is 29.4. The Hall–Kier alpha value is -5.75. The Balaban J connectivity index is 1.27. The van der Waals surface area contributed by atoms with Crippen LogP contribution in [-0.2, 0) is 23.9 Å². The number of anilines is 2. The summed E-state index contributed by atoms with van der Waals surface area (Å²) in [7, 11) is 0. The maximum Gasteiger partial charge on any atom is 0.416 e. The van der Waals surface area contributed by atoms with Gasteiger partial charge >= 0.3 is 6.18 Å². The van der Waals surface area contributed by atoms with Gasteiger partial charge in [-0.15, -0.1) is 5.10 Å². The van der Waals surface area contributed by atoms with E-state index in [2.05, 4.69) is 35.3 Å². The number of aromatic hydroxyl groups is 1. The van der Waals surface area contributed by atoms with Crippen LogP contribution in [0.25, 0.3) is 28.2 Å². The number of hydrogen-bond donors (Lipinski definition) is 3. The second-order valence-corrected chi connectivity index (χ2v) is 12.9. The maximum atomic E-state index is 14.3. The molecule has 0 bridgehead atoms. The van der Waals surface area contributed by atoms with Crippen molar-refractivity contribution in [3.63, 3.8) is 0 Å². The van der Waals surface area contributed by atoms with Gasteiger partial charge in [0.05, 0.1) is 32.7 Å². The van der Waals surface area contributed by atoms with Gasteiger partial charge in [0.15, 0.2) is 17.3 Å². The summed E-state index contributed by atoms with van der Waals surface area (Å²) in [4.78, 5) is 64.2. The average Bonchev–Trinajstić information content (AvgIpc) is 3.75. The van der Waals surface area contributed by atoms with E-state index in [1.54, 1.807) is 31.0 Å². The molecule has 3 N–H and O–H groups in total. The lowest BCUT2D eigenvalue weighted by molar-refractivity contribution is -0.137. The first-order chi connectivity index (χ1) is 25.2. The summed E-state index contributed by atoms with van der Waals surface area (Å²) in [6, 6.07) is 4.29. The van der Waals surface area contributed by atoms with Crippen molar-refractivity contribution in [3.05, 3.63) is 86.0 Å². The lowest BCUT2D eigenvalue weighted by Gasteiger charge is -2.36. The van der Waals surface area contributed by atoms with Crippen molar-refractivity contribution in [1.29, 1.82) is 0 Å². The number of aryl methyl sites for hydroxylation is 1. The van der Waals surface area contributed by atoms with Crippen molar-refractivity contribution >= 4 is 63.2 Å². The number of fused-ring (bicyclic) bond motifs is 2. The molecule has 274 valence electrons. The third kappa shape index (κ3) is 6.59. The smallest absolute Gasteiger partial charge is 0.416 e. The van der Waals surface area contributed by atoms with Gasteiger partial charge in [0.1, 0.15) is 24.2 Å². The number of carbonyl (C=O) groups is 2. The minimum absolute atomic E-state index is 0.0166. The van der Waals surface area contributed by atoms with E-state index in [1.165, 1.54) is 22.0 Å². The molecule has 20 heteroatoms. The number of nitrogens with zero attached hydrogens (tertiary/aromatic N) is 9. The maximum absolute atomic E-state index is 14.3. The molecule has 1 aromatic carbocycles. The molecule has 1 fully saturated rings. The summed E-state index contributed by atoms with van der Waals surface area (Å²) >= 11 is 12.4. The molecule has 6 heterocycles. The van der Waals surface area contributed by atoms with E-state index in [0.29, 0.717) is 33.4 Å². The van der Waals surface area contributed by atoms with Crippen molar-refractivity contribution < 1.29 is 27.9 Å². The molecule has 1 saturated heterocycles. The molecule has 6 aromatic rings. The first-order valence-electron chi connectivity index (χ1n) is 16.1. The molecule has 7 rings (SSSR count). The number of nitrogens with one attached hydrogen (secondary N) is 2. The Morgan fingerprint density at radius 3 is 2.51 bits per heavy atom. The lowest BCUT2D eigenvalue weighted by atomic mass is 10.2. The van der Waals surface area contributed by atoms with Crippen molar-refractivity contribution in [3.8, 4) is 17.1 Å². The molecule has 15 nitrogen and oxygen atoms in total. The van der Waals surface area contributed by atoms with Gasteiger partial charge in [0, 0.05) is 49.5 Å². The predicted octanol–water partition coefficient (Wildman–Crippen LogP) is 4.73. The molecule has 5 aromatic heterocycles. The van der Waals surface area contributed by atoms with Crippen LogP contribution in [0.4, 0.5) is 24.5 Å². The number of aromatic nitrogens is 8. The number of hydrogen-bond acceptors (Lipinski definition) is 10. The molecule has 0 atom stereocenters. The highest BCUT2D eigenvalue weighted by Gasteiger charge is 2.32. The Morgan fingerprint density at radius 2 is 1.81 bits per heavy atom. The number of piperazine rings is 1. The number of halogens is 5. The van der Waals surface area contributed by atoms with E-state index >= 15 is 0 Å². The van der Waals surface area contributed by atoms with Gasteiger partial charge in [-0.05, 0) is 37.6 Å². The second kappa shape index (κ2) is 13.7. The van der Waals surface area contributed by atoms with Crippen LogP contribution in [0, 0.1) is 6.92 Å². The van der Waals surface area contributed by atoms with Gasteiger partial charge in [-0.25, -0.2) is 15.0 Å². The van der Waals surface area contributed by atoms with Crippen LogP contribution in [0.2, 0.25) is 10.0 Å². The molecular weight excluding hydrogens is 742 g/mol. The number of alkyl halides is 3. The fourth-order valence-electron chi connectivity index (χ4n) is 6.18. The molecule has 0 aliphatic carbocycles. The van der Waals surface area contributed by atoms with Crippen LogP contribution in [0.3, 0.4) is 0 Å². The quantitative estimate of drug-likeness (QED) is 0.206. The Morgan fingerprint density at radius 1 is 1.06 bits per heavy atom. The lowest BCUT2D eigenvalue weighted by Crippen LogP contribution is -2.51. The number of aromatic amines is 1. The Kier molecular flexibility index (Phi) is 9.19. The predicted molar refractivity (Wildman–Crippen MR) is 188 cm³/mol. The van der Waals surface area contributed by atoms with Crippen molar-refractivity contribution in [2.24, 2.45) is 0 Å². The molecule has 53 heavy (non-hydrogen) atoms. The summed E-state index contributed by atoms with van der Waals surface area (Å²) in [5, 5.41) is 18.2. The van der Waals surface area contributed by atoms with Crippen LogP contribution in [0.15, 0.2) is 47.8 Å². The third-order valence-corrected chi connectivity index (χ3v) is 9.49. The van der Waals surface area contributed by atoms with E-state index in [9.17, 15) is 32.7 Å². The number of carbonyl (C=O) groups excluding carboxylic acids is 2. The van der Waals surface area contributed by atoms with Gasteiger partial charge in [-0.1, -0.05) is 30.1 Å². The largest absolute Gasteiger partial charge is 0.504 e. The van der Waals surface area contributed by atoms with Crippen LogP contribution in [0.5, 0.6) is 5.75 Å². The number of H-pyrrole nitrogens is 1. The van der Waals surface area contributed by atoms with Gasteiger partial charge in [0.2, 0.25) is 11.7 Å². The summed E-state index contributed by atoms with van der Waals surface area (Å²) in [5.74, 6) is -1.34. The Bertz CT molecular complexity index is 2490. The molecular formula is C33H28Cl2F3N11O4. The standard InChI is InChI=1S/C33H28Cl2F3N11O4/c1-3-23-26(46-6-8-47(9-7-46)30(52)25-27(51)16(2)41-15-42-25)31(53)49-32(44-28(45-49)17-10-19-21(35)13-40-29(19)39-12-17)48(23)14-24(50)43-22-5-4-18(11-20(22)34)33(36,37)38/h4-5,10-13,15,51H,3,6-9,14H2,1-2H3,(H,39,40)(H,43,50). The summed E-state index contributed by atoms with van der Waals surface area (Å²) in [5.41, 5.74) is 0.165. The van der Waals surface area contributed by atoms with E-state index in [0.717, 1.165) is 16.6 Å². The number of benzene rings is 1. The number of amides is 2. The topological polar surface area (TPSA) is 180 Å². The van der Waals surface area contributed by atoms with Gasteiger partial charge in [0.25, 0.3) is 11.5 Å². The average molecular weight is 771 g/mol. The normalized spacial score (nSPS) is 13.6. The van der Waals surface area contributed by atoms with Crippen LogP contribution < -0.4 is 15.8 Å². The summed E-state index contributed by atoms with van der Waals surface area (Å²) in [6.07, 6.45) is -0.105. The van der Waals surface area contributed by atoms with E-state index in [4.69, 9.17) is 23.2 Å². The van der Waals surface area contributed by atoms with E-state index in [-0.39, 0.29) is 77.7 Å². The van der Waals surface area contributed by atoms with E-state index < -0.39 is 35.7 Å². The van der Waals surface area contributed by atoms with Gasteiger partial charge in [-0.2, -0.15) is 22.7 Å². The van der Waals surface area contributed by atoms with Crippen molar-refractivity contribution in [2.75, 3.05) is 36.4 Å². The highest BCUT2D eigenvalue weighted by molar-refractivity contribution is 6.35. The zero-order valence-electron chi connectivity index (χ0n) is 27.9. The SMILES string of the molecule is CCc1c(N2CCN(C(=O)c3ncnc(C)c3O)CC2)c(=O)n2nc(-c3cnc4[nH]cc(Cl)c4c3)nc2n1CC(=O)Nc1ccc(C(F)(F)F)cc1Cl. The summed E-state index contributed by atoms with van der Waals surface area (Å²) < 4.78 is 42.3. The zero-order chi connectivity index (χ0) is 37.8. The molecule has 0 radical (unpaired) electrons. The molecule has 0 unspecified atom stereocenters. The van der Waals surface area contributed by atoms with Gasteiger partial charge in [-0.3, -0.25) is 14.4 Å². The molecule has 1 aliphatic heterocycles. The van der Waals surface area contributed by atoms with Crippen molar-refractivity contribution in [2.45, 2.75) is 33.0 Å². The van der Waals surface area contributed by atoms with Crippen LogP contribution in [-0.4, -0.2) is 87.1 Å². The first-order valence-corrected chi connectivity index (χ1v) is 16.9. The highest BCUT2D eigenvalue weighted by atomic mass is 35.5. The second-order valence-electron chi connectivity index (χ2n) is 12.1. The molecule has 1 aliphatic rings. The van der Waals surface area contributed by atoms with Crippen LogP contribution in [0.1, 0.15) is 34.4 Å². The third-order valence-electron chi connectivity index (χ3n) is 8.86. The minimum atomic E-state index is -4.63. The number of pyridine rings is 1. The first kappa shape index (κ1) is 35.6. The molecule has 2 amide bonds. The highest BCUT2D eigenvalue weighted by Crippen LogP contribution is 2.34.